The van der Waals surface area contributed by atoms with Gasteiger partial charge in [0, 0.05) is 43.9 Å². The van der Waals surface area contributed by atoms with E-state index in [1.807, 2.05) is 12.3 Å². The molecule has 1 N–H and O–H groups in total. The fourth-order valence-electron chi connectivity index (χ4n) is 2.83. The van der Waals surface area contributed by atoms with Gasteiger partial charge in [-0.15, -0.1) is 0 Å². The zero-order chi connectivity index (χ0) is 17.8. The molecule has 0 bridgehead atoms. The zero-order valence-corrected chi connectivity index (χ0v) is 14.1. The number of rotatable bonds is 4. The van der Waals surface area contributed by atoms with E-state index in [1.165, 1.54) is 10.8 Å². The predicted octanol–water partition coefficient (Wildman–Crippen LogP) is -0.641. The number of aromatic amines is 1. The minimum Gasteiger partial charge on any atom is -0.374 e. The monoisotopic (exact) mass is 347 g/mol. The van der Waals surface area contributed by atoms with Crippen LogP contribution in [-0.4, -0.2) is 55.9 Å². The number of aryl methyl sites for hydroxylation is 1. The van der Waals surface area contributed by atoms with E-state index in [0.29, 0.717) is 31.8 Å². The van der Waals surface area contributed by atoms with Gasteiger partial charge in [-0.3, -0.25) is 23.8 Å². The van der Waals surface area contributed by atoms with Crippen LogP contribution in [0.3, 0.4) is 0 Å². The van der Waals surface area contributed by atoms with Gasteiger partial charge < -0.3 is 9.64 Å². The van der Waals surface area contributed by atoms with E-state index in [4.69, 9.17) is 4.74 Å². The van der Waals surface area contributed by atoms with Crippen LogP contribution in [0.2, 0.25) is 0 Å². The summed E-state index contributed by atoms with van der Waals surface area (Å²) in [6, 6.07) is 1.84. The molecule has 134 valence electrons. The van der Waals surface area contributed by atoms with Gasteiger partial charge in [-0.25, -0.2) is 4.79 Å². The molecule has 0 aromatic carbocycles. The second-order valence-electron chi connectivity index (χ2n) is 6.11. The van der Waals surface area contributed by atoms with Gasteiger partial charge in [-0.2, -0.15) is 5.10 Å². The summed E-state index contributed by atoms with van der Waals surface area (Å²) in [7, 11) is 0. The van der Waals surface area contributed by atoms with Crippen LogP contribution in [0.4, 0.5) is 0 Å². The number of carbonyl (C=O) groups is 1. The summed E-state index contributed by atoms with van der Waals surface area (Å²) in [5, 5.41) is 4.16. The van der Waals surface area contributed by atoms with E-state index >= 15 is 0 Å². The normalized spacial score (nSPS) is 18.1. The van der Waals surface area contributed by atoms with Crippen LogP contribution in [-0.2, 0) is 22.6 Å². The standard InChI is InChI=1S/C16H21N5O4/c1-12-8-20(16(24)18-15(12)23)11-14(22)19-5-3-7-25-13(9-19)10-21-6-2-4-17-21/h2,4,6,8,13H,3,5,7,9-11H2,1H3,(H,18,23,24)/t13-/m0/s1. The van der Waals surface area contributed by atoms with Gasteiger partial charge in [0.25, 0.3) is 5.56 Å². The van der Waals surface area contributed by atoms with Crippen LogP contribution in [0.5, 0.6) is 0 Å². The minimum absolute atomic E-state index is 0.106. The Balaban J connectivity index is 1.69. The van der Waals surface area contributed by atoms with Crippen molar-refractivity contribution in [1.29, 1.82) is 0 Å². The van der Waals surface area contributed by atoms with E-state index in [0.717, 1.165) is 6.42 Å². The van der Waals surface area contributed by atoms with Gasteiger partial charge in [0.2, 0.25) is 5.91 Å². The highest BCUT2D eigenvalue weighted by Gasteiger charge is 2.23. The van der Waals surface area contributed by atoms with Crippen LogP contribution < -0.4 is 11.2 Å². The number of nitrogens with one attached hydrogen (secondary N) is 1. The first kappa shape index (κ1) is 17.2. The first-order chi connectivity index (χ1) is 12.0. The SMILES string of the molecule is Cc1cn(CC(=O)N2CCCO[C@H](Cn3cccn3)C2)c(=O)[nH]c1=O. The lowest BCUT2D eigenvalue weighted by Gasteiger charge is -2.24. The molecule has 1 fully saturated rings. The van der Waals surface area contributed by atoms with E-state index in [-0.39, 0.29) is 18.6 Å². The Bertz CT molecular complexity index is 839. The Morgan fingerprint density at radius 2 is 2.28 bits per heavy atom. The van der Waals surface area contributed by atoms with Crippen molar-refractivity contribution in [3.05, 3.63) is 51.1 Å². The second-order valence-corrected chi connectivity index (χ2v) is 6.11. The largest absolute Gasteiger partial charge is 0.374 e. The molecule has 0 saturated carbocycles. The van der Waals surface area contributed by atoms with E-state index in [1.54, 1.807) is 22.7 Å². The molecule has 1 atom stereocenters. The molecule has 9 nitrogen and oxygen atoms in total. The van der Waals surface area contributed by atoms with Crippen molar-refractivity contribution in [3.63, 3.8) is 0 Å². The lowest BCUT2D eigenvalue weighted by Crippen LogP contribution is -2.42. The van der Waals surface area contributed by atoms with Crippen molar-refractivity contribution in [2.75, 3.05) is 19.7 Å². The third-order valence-electron chi connectivity index (χ3n) is 4.15. The second kappa shape index (κ2) is 7.47. The Labute approximate surface area is 143 Å². The third kappa shape index (κ3) is 4.24. The summed E-state index contributed by atoms with van der Waals surface area (Å²) in [5.41, 5.74) is -0.623. The van der Waals surface area contributed by atoms with E-state index in [9.17, 15) is 14.4 Å². The molecule has 1 saturated heterocycles. The molecule has 3 rings (SSSR count). The predicted molar refractivity (Wildman–Crippen MR) is 89.2 cm³/mol. The molecule has 3 heterocycles. The Kier molecular flexibility index (Phi) is 5.13. The maximum Gasteiger partial charge on any atom is 0.328 e. The number of aromatic nitrogens is 4. The molecular formula is C16H21N5O4. The first-order valence-electron chi connectivity index (χ1n) is 8.20. The molecule has 0 radical (unpaired) electrons. The number of H-pyrrole nitrogens is 1. The van der Waals surface area contributed by atoms with E-state index in [2.05, 4.69) is 10.1 Å². The fourth-order valence-corrected chi connectivity index (χ4v) is 2.83. The number of ether oxygens (including phenoxy) is 1. The lowest BCUT2D eigenvalue weighted by molar-refractivity contribution is -0.132. The van der Waals surface area contributed by atoms with Gasteiger partial charge in [0.1, 0.15) is 6.54 Å². The van der Waals surface area contributed by atoms with Crippen molar-refractivity contribution in [2.45, 2.75) is 32.5 Å². The molecular weight excluding hydrogens is 326 g/mol. The lowest BCUT2D eigenvalue weighted by atomic mass is 10.3. The highest BCUT2D eigenvalue weighted by atomic mass is 16.5. The Morgan fingerprint density at radius 1 is 1.44 bits per heavy atom. The van der Waals surface area contributed by atoms with Gasteiger partial charge in [0.05, 0.1) is 12.6 Å². The molecule has 1 amide bonds. The summed E-state index contributed by atoms with van der Waals surface area (Å²) in [4.78, 5) is 39.8. The molecule has 25 heavy (non-hydrogen) atoms. The van der Waals surface area contributed by atoms with Crippen molar-refractivity contribution in [2.24, 2.45) is 0 Å². The summed E-state index contributed by atoms with van der Waals surface area (Å²) in [5.74, 6) is -0.176. The van der Waals surface area contributed by atoms with Crippen molar-refractivity contribution >= 4 is 5.91 Å². The topological polar surface area (TPSA) is 102 Å². The molecule has 9 heteroatoms. The van der Waals surface area contributed by atoms with Crippen molar-refractivity contribution < 1.29 is 9.53 Å². The average molecular weight is 347 g/mol. The van der Waals surface area contributed by atoms with Gasteiger partial charge >= 0.3 is 5.69 Å². The van der Waals surface area contributed by atoms with Crippen LogP contribution in [0.1, 0.15) is 12.0 Å². The number of nitrogens with zero attached hydrogens (tertiary/aromatic N) is 4. The van der Waals surface area contributed by atoms with Gasteiger partial charge in [-0.1, -0.05) is 0 Å². The summed E-state index contributed by atoms with van der Waals surface area (Å²) < 4.78 is 8.80. The maximum atomic E-state index is 12.6. The van der Waals surface area contributed by atoms with Gasteiger partial charge in [0.15, 0.2) is 0 Å². The number of carbonyl (C=O) groups excluding carboxylic acids is 1. The summed E-state index contributed by atoms with van der Waals surface area (Å²) >= 11 is 0. The minimum atomic E-state index is -0.580. The van der Waals surface area contributed by atoms with E-state index < -0.39 is 11.2 Å². The average Bonchev–Trinajstić information content (AvgIpc) is 2.96. The summed E-state index contributed by atoms with van der Waals surface area (Å²) in [6.07, 6.45) is 5.55. The fraction of sp³-hybridized carbons (Fsp3) is 0.500. The number of amides is 1. The summed E-state index contributed by atoms with van der Waals surface area (Å²) in [6.45, 7) is 3.65. The van der Waals surface area contributed by atoms with Crippen LogP contribution >= 0.6 is 0 Å². The van der Waals surface area contributed by atoms with Crippen LogP contribution in [0.15, 0.2) is 34.2 Å². The quantitative estimate of drug-likeness (QED) is 0.792. The first-order valence-corrected chi connectivity index (χ1v) is 8.20. The highest BCUT2D eigenvalue weighted by Crippen LogP contribution is 2.09. The highest BCUT2D eigenvalue weighted by molar-refractivity contribution is 5.76. The van der Waals surface area contributed by atoms with Crippen LogP contribution in [0.25, 0.3) is 0 Å². The molecule has 0 aliphatic carbocycles. The Morgan fingerprint density at radius 3 is 3.04 bits per heavy atom. The smallest absolute Gasteiger partial charge is 0.328 e. The number of hydrogen-bond acceptors (Lipinski definition) is 5. The molecule has 1 aliphatic heterocycles. The number of hydrogen-bond donors (Lipinski definition) is 1. The maximum absolute atomic E-state index is 12.6. The van der Waals surface area contributed by atoms with Crippen LogP contribution in [0, 0.1) is 6.92 Å². The molecule has 2 aromatic rings. The Hall–Kier alpha value is -2.68. The van der Waals surface area contributed by atoms with Gasteiger partial charge in [-0.05, 0) is 19.4 Å². The van der Waals surface area contributed by atoms with Crippen molar-refractivity contribution in [1.82, 2.24) is 24.2 Å². The van der Waals surface area contributed by atoms with Crippen molar-refractivity contribution in [3.8, 4) is 0 Å². The molecule has 2 aromatic heterocycles. The molecule has 0 spiro atoms. The molecule has 0 unspecified atom stereocenters. The zero-order valence-electron chi connectivity index (χ0n) is 14.1. The molecule has 1 aliphatic rings. The third-order valence-corrected chi connectivity index (χ3v) is 4.15.